The van der Waals surface area contributed by atoms with Crippen molar-refractivity contribution in [3.8, 4) is 16.2 Å². The van der Waals surface area contributed by atoms with E-state index in [9.17, 15) is 9.59 Å². The van der Waals surface area contributed by atoms with Crippen LogP contribution in [0, 0.1) is 0 Å². The zero-order chi connectivity index (χ0) is 29.4. The lowest BCUT2D eigenvalue weighted by Crippen LogP contribution is -2.50. The highest BCUT2D eigenvalue weighted by atomic mass is 32.1. The molecule has 2 amide bonds. The zero-order valence-electron chi connectivity index (χ0n) is 23.7. The van der Waals surface area contributed by atoms with Crippen molar-refractivity contribution >= 4 is 28.8 Å². The Morgan fingerprint density at radius 3 is 2.16 bits per heavy atom. The Bertz CT molecular complexity index is 1670. The number of aromatic nitrogens is 2. The van der Waals surface area contributed by atoms with Gasteiger partial charge in [-0.1, -0.05) is 91.0 Å². The van der Waals surface area contributed by atoms with Gasteiger partial charge in [0.25, 0.3) is 5.91 Å². The van der Waals surface area contributed by atoms with E-state index < -0.39 is 5.54 Å². The van der Waals surface area contributed by atoms with Gasteiger partial charge in [0, 0.05) is 38.3 Å². The van der Waals surface area contributed by atoms with Crippen LogP contribution in [-0.2, 0) is 10.3 Å². The molecular formula is C34H31N5O3S. The zero-order valence-corrected chi connectivity index (χ0v) is 24.5. The number of anilines is 1. The topological polar surface area (TPSA) is 88.5 Å². The molecule has 8 nitrogen and oxygen atoms in total. The SMILES string of the molecule is CC(=O)NC[C@@H]1COc2c(-c3cnn(C(c4ccccc4)(c4ccccc4)c4ccccc4)c3)sc3c2N1CCNC3=O. The summed E-state index contributed by atoms with van der Waals surface area (Å²) in [6, 6.07) is 31.2. The fraction of sp³-hybridized carbons (Fsp3) is 0.206. The number of rotatable bonds is 7. The van der Waals surface area contributed by atoms with Gasteiger partial charge in [-0.3, -0.25) is 14.3 Å². The highest BCUT2D eigenvalue weighted by Crippen LogP contribution is 2.51. The fourth-order valence-corrected chi connectivity index (χ4v) is 7.40. The number of ether oxygens (including phenoxy) is 1. The van der Waals surface area contributed by atoms with Crippen LogP contribution >= 0.6 is 11.3 Å². The molecule has 43 heavy (non-hydrogen) atoms. The van der Waals surface area contributed by atoms with Gasteiger partial charge in [0.05, 0.1) is 17.1 Å². The maximum absolute atomic E-state index is 13.2. The van der Waals surface area contributed by atoms with E-state index in [0.29, 0.717) is 36.9 Å². The average Bonchev–Trinajstić information content (AvgIpc) is 3.64. The quantitative estimate of drug-likeness (QED) is 0.264. The molecule has 2 N–H and O–H groups in total. The predicted octanol–water partition coefficient (Wildman–Crippen LogP) is 4.90. The minimum absolute atomic E-state index is 0.0742. The first kappa shape index (κ1) is 27.0. The van der Waals surface area contributed by atoms with E-state index in [0.717, 1.165) is 32.8 Å². The molecule has 2 aliphatic heterocycles. The average molecular weight is 590 g/mol. The molecule has 2 aromatic heterocycles. The summed E-state index contributed by atoms with van der Waals surface area (Å²) in [5.74, 6) is 0.492. The summed E-state index contributed by atoms with van der Waals surface area (Å²) in [5, 5.41) is 11.0. The summed E-state index contributed by atoms with van der Waals surface area (Å²) in [6.45, 7) is 3.51. The fourth-order valence-electron chi connectivity index (χ4n) is 6.25. The van der Waals surface area contributed by atoms with E-state index in [2.05, 4.69) is 94.5 Å². The number of amides is 2. The molecule has 0 unspecified atom stereocenters. The predicted molar refractivity (Wildman–Crippen MR) is 168 cm³/mol. The molecule has 9 heteroatoms. The smallest absolute Gasteiger partial charge is 0.263 e. The second kappa shape index (κ2) is 11.1. The molecule has 1 atom stereocenters. The van der Waals surface area contributed by atoms with E-state index >= 15 is 0 Å². The van der Waals surface area contributed by atoms with Gasteiger partial charge in [-0.05, 0) is 16.7 Å². The molecule has 0 radical (unpaired) electrons. The molecule has 216 valence electrons. The summed E-state index contributed by atoms with van der Waals surface area (Å²) >= 11 is 1.42. The van der Waals surface area contributed by atoms with Crippen LogP contribution in [0.2, 0.25) is 0 Å². The van der Waals surface area contributed by atoms with Crippen molar-refractivity contribution < 1.29 is 14.3 Å². The summed E-state index contributed by atoms with van der Waals surface area (Å²) in [6.07, 6.45) is 3.92. The normalized spacial score (nSPS) is 16.1. The van der Waals surface area contributed by atoms with Crippen LogP contribution in [-0.4, -0.2) is 53.9 Å². The lowest BCUT2D eigenvalue weighted by molar-refractivity contribution is -0.119. The van der Waals surface area contributed by atoms with Crippen molar-refractivity contribution in [3.63, 3.8) is 0 Å². The van der Waals surface area contributed by atoms with Crippen LogP contribution in [0.4, 0.5) is 5.69 Å². The van der Waals surface area contributed by atoms with Crippen molar-refractivity contribution in [2.45, 2.75) is 18.5 Å². The van der Waals surface area contributed by atoms with Crippen molar-refractivity contribution in [2.24, 2.45) is 0 Å². The van der Waals surface area contributed by atoms with E-state index in [1.807, 2.05) is 29.1 Å². The second-order valence-electron chi connectivity index (χ2n) is 10.8. The van der Waals surface area contributed by atoms with Crippen LogP contribution in [0.5, 0.6) is 5.75 Å². The summed E-state index contributed by atoms with van der Waals surface area (Å²) in [7, 11) is 0. The number of carbonyl (C=O) groups is 2. The molecule has 0 bridgehead atoms. The third kappa shape index (κ3) is 4.56. The number of carbonyl (C=O) groups excluding carboxylic acids is 2. The molecule has 0 spiro atoms. The Hall–Kier alpha value is -4.89. The number of nitrogens with one attached hydrogen (secondary N) is 2. The number of hydrogen-bond donors (Lipinski definition) is 2. The number of hydrogen-bond acceptors (Lipinski definition) is 6. The van der Waals surface area contributed by atoms with E-state index in [4.69, 9.17) is 9.84 Å². The Balaban J connectivity index is 1.39. The largest absolute Gasteiger partial charge is 0.488 e. The maximum Gasteiger partial charge on any atom is 0.263 e. The minimum Gasteiger partial charge on any atom is -0.488 e. The molecule has 0 saturated heterocycles. The van der Waals surface area contributed by atoms with Gasteiger partial charge in [-0.2, -0.15) is 5.10 Å². The van der Waals surface area contributed by atoms with Crippen LogP contribution < -0.4 is 20.3 Å². The molecule has 4 heterocycles. The molecule has 7 rings (SSSR count). The van der Waals surface area contributed by atoms with Gasteiger partial charge in [-0.15, -0.1) is 11.3 Å². The lowest BCUT2D eigenvalue weighted by Gasteiger charge is -2.37. The Kier molecular flexibility index (Phi) is 6.95. The minimum atomic E-state index is -0.749. The molecule has 3 aromatic carbocycles. The number of benzene rings is 3. The third-order valence-corrected chi connectivity index (χ3v) is 9.39. The van der Waals surface area contributed by atoms with Crippen molar-refractivity contribution in [1.82, 2.24) is 20.4 Å². The second-order valence-corrected chi connectivity index (χ2v) is 11.8. The Morgan fingerprint density at radius 1 is 0.977 bits per heavy atom. The molecule has 0 saturated carbocycles. The monoisotopic (exact) mass is 589 g/mol. The highest BCUT2D eigenvalue weighted by Gasteiger charge is 2.41. The number of thiophene rings is 1. The molecule has 2 aliphatic rings. The van der Waals surface area contributed by atoms with Gasteiger partial charge in [-0.25, -0.2) is 0 Å². The van der Waals surface area contributed by atoms with Gasteiger partial charge in [0.1, 0.15) is 22.7 Å². The molecule has 0 fully saturated rings. The summed E-state index contributed by atoms with van der Waals surface area (Å²) in [5.41, 5.74) is 4.15. The van der Waals surface area contributed by atoms with Crippen molar-refractivity contribution in [2.75, 3.05) is 31.1 Å². The Morgan fingerprint density at radius 2 is 1.58 bits per heavy atom. The maximum atomic E-state index is 13.2. The van der Waals surface area contributed by atoms with Gasteiger partial charge in [0.2, 0.25) is 5.91 Å². The van der Waals surface area contributed by atoms with Crippen LogP contribution in [0.15, 0.2) is 103 Å². The number of nitrogens with zero attached hydrogens (tertiary/aromatic N) is 3. The molecule has 0 aliphatic carbocycles. The van der Waals surface area contributed by atoms with Gasteiger partial charge < -0.3 is 20.3 Å². The van der Waals surface area contributed by atoms with Gasteiger partial charge >= 0.3 is 0 Å². The Labute approximate surface area is 253 Å². The molecule has 5 aromatic rings. The lowest BCUT2D eigenvalue weighted by atomic mass is 9.77. The standard InChI is InChI=1S/C34H31N5O3S/c1-23(40)36-20-28-22-42-30-29-32(33(41)35-17-18-38(28)29)43-31(30)24-19-37-39(21-24)34(25-11-5-2-6-12-25,26-13-7-3-8-14-26)27-15-9-4-10-16-27/h2-16,19,21,28H,17-18,20,22H2,1H3,(H,35,41)(H,36,40)/t28-/m1/s1. The van der Waals surface area contributed by atoms with Crippen molar-refractivity contribution in [1.29, 1.82) is 0 Å². The van der Waals surface area contributed by atoms with E-state index in [-0.39, 0.29) is 17.9 Å². The highest BCUT2D eigenvalue weighted by molar-refractivity contribution is 7.18. The van der Waals surface area contributed by atoms with Crippen molar-refractivity contribution in [3.05, 3.63) is 125 Å². The summed E-state index contributed by atoms with van der Waals surface area (Å²) < 4.78 is 8.42. The van der Waals surface area contributed by atoms with Crippen LogP contribution in [0.1, 0.15) is 33.3 Å². The first-order valence-electron chi connectivity index (χ1n) is 14.4. The summed E-state index contributed by atoms with van der Waals surface area (Å²) in [4.78, 5) is 28.5. The third-order valence-electron chi connectivity index (χ3n) is 8.18. The van der Waals surface area contributed by atoms with E-state index in [1.54, 1.807) is 0 Å². The van der Waals surface area contributed by atoms with Crippen LogP contribution in [0.25, 0.3) is 10.4 Å². The first-order chi connectivity index (χ1) is 21.1. The van der Waals surface area contributed by atoms with Gasteiger partial charge in [0.15, 0.2) is 5.75 Å². The first-order valence-corrected chi connectivity index (χ1v) is 15.2. The molecular weight excluding hydrogens is 558 g/mol. The van der Waals surface area contributed by atoms with Crippen LogP contribution in [0.3, 0.4) is 0 Å². The van der Waals surface area contributed by atoms with E-state index in [1.165, 1.54) is 18.3 Å².